The van der Waals surface area contributed by atoms with Gasteiger partial charge in [-0.25, -0.2) is 0 Å². The Morgan fingerprint density at radius 1 is 1.61 bits per heavy atom. The molecular weight excluding hydrogens is 249 g/mol. The van der Waals surface area contributed by atoms with Crippen LogP contribution in [0.1, 0.15) is 37.1 Å². The lowest BCUT2D eigenvalue weighted by atomic mass is 10.2. The minimum Gasteiger partial charge on any atom is -0.481 e. The number of nitrogens with zero attached hydrogens (tertiary/aromatic N) is 2. The summed E-state index contributed by atoms with van der Waals surface area (Å²) >= 11 is 0. The molecule has 0 aliphatic heterocycles. The fraction of sp³-hybridized carbons (Fsp3) is 0.636. The van der Waals surface area contributed by atoms with Crippen molar-refractivity contribution in [3.8, 4) is 0 Å². The van der Waals surface area contributed by atoms with Gasteiger partial charge in [-0.3, -0.25) is 9.48 Å². The van der Waals surface area contributed by atoms with Gasteiger partial charge in [0.15, 0.2) is 5.69 Å². The third-order valence-corrected chi connectivity index (χ3v) is 2.97. The van der Waals surface area contributed by atoms with Crippen LogP contribution in [0.5, 0.6) is 0 Å². The van der Waals surface area contributed by atoms with Gasteiger partial charge in [0.05, 0.1) is 12.5 Å². The second kappa shape index (κ2) is 4.29. The highest BCUT2D eigenvalue weighted by molar-refractivity contribution is 5.69. The van der Waals surface area contributed by atoms with Crippen molar-refractivity contribution in [3.05, 3.63) is 17.5 Å². The molecule has 0 saturated heterocycles. The van der Waals surface area contributed by atoms with E-state index in [0.717, 1.165) is 18.9 Å². The number of rotatable bonds is 4. The van der Waals surface area contributed by atoms with E-state index < -0.39 is 23.8 Å². The van der Waals surface area contributed by atoms with Gasteiger partial charge in [0.25, 0.3) is 0 Å². The molecule has 1 fully saturated rings. The normalized spacial score (nSPS) is 17.8. The fourth-order valence-corrected chi connectivity index (χ4v) is 1.76. The van der Waals surface area contributed by atoms with E-state index in [0.29, 0.717) is 5.69 Å². The Kier molecular flexibility index (Phi) is 3.08. The highest BCUT2D eigenvalue weighted by Gasteiger charge is 2.38. The molecule has 1 N–H and O–H groups in total. The molecule has 100 valence electrons. The zero-order valence-electron chi connectivity index (χ0n) is 9.74. The van der Waals surface area contributed by atoms with Crippen molar-refractivity contribution in [2.75, 3.05) is 0 Å². The maximum Gasteiger partial charge on any atom is 0.435 e. The van der Waals surface area contributed by atoms with Crippen LogP contribution in [0, 0.1) is 5.92 Å². The lowest BCUT2D eigenvalue weighted by Gasteiger charge is -2.09. The fourth-order valence-electron chi connectivity index (χ4n) is 1.76. The summed E-state index contributed by atoms with van der Waals surface area (Å²) < 4.78 is 38.9. The maximum atomic E-state index is 12.6. The smallest absolute Gasteiger partial charge is 0.435 e. The van der Waals surface area contributed by atoms with Gasteiger partial charge in [-0.05, 0) is 18.9 Å². The molecule has 2 rings (SSSR count). The Bertz CT molecular complexity index is 463. The topological polar surface area (TPSA) is 55.1 Å². The number of carbonyl (C=O) groups is 1. The van der Waals surface area contributed by atoms with Crippen LogP contribution in [-0.2, 0) is 17.5 Å². The molecule has 0 aromatic carbocycles. The van der Waals surface area contributed by atoms with Crippen LogP contribution in [0.25, 0.3) is 0 Å². The van der Waals surface area contributed by atoms with Crippen LogP contribution in [0.2, 0.25) is 0 Å². The third-order valence-electron chi connectivity index (χ3n) is 2.97. The predicted molar refractivity (Wildman–Crippen MR) is 56.0 cm³/mol. The first kappa shape index (κ1) is 12.9. The molecule has 0 amide bonds. The Balaban J connectivity index is 2.27. The summed E-state index contributed by atoms with van der Waals surface area (Å²) in [6, 6.07) is 1.03. The largest absolute Gasteiger partial charge is 0.481 e. The molecule has 0 spiro atoms. The molecule has 1 atom stereocenters. The van der Waals surface area contributed by atoms with Crippen molar-refractivity contribution in [1.29, 1.82) is 0 Å². The second-order valence-electron chi connectivity index (χ2n) is 4.65. The van der Waals surface area contributed by atoms with Crippen LogP contribution in [0.4, 0.5) is 13.2 Å². The Labute approximate surface area is 101 Å². The van der Waals surface area contributed by atoms with E-state index in [1.807, 2.05) is 0 Å². The Morgan fingerprint density at radius 3 is 2.67 bits per heavy atom. The number of hydrogen-bond acceptors (Lipinski definition) is 2. The molecule has 7 heteroatoms. The molecule has 4 nitrogen and oxygen atoms in total. The van der Waals surface area contributed by atoms with E-state index in [2.05, 4.69) is 5.10 Å². The molecule has 0 unspecified atom stereocenters. The first-order valence-electron chi connectivity index (χ1n) is 5.66. The summed E-state index contributed by atoms with van der Waals surface area (Å²) in [7, 11) is 0. The number of aromatic nitrogens is 2. The van der Waals surface area contributed by atoms with Crippen LogP contribution >= 0.6 is 0 Å². The maximum absolute atomic E-state index is 12.6. The molecule has 1 aromatic rings. The Morgan fingerprint density at radius 2 is 2.22 bits per heavy atom. The van der Waals surface area contributed by atoms with E-state index >= 15 is 0 Å². The quantitative estimate of drug-likeness (QED) is 0.907. The van der Waals surface area contributed by atoms with E-state index in [1.54, 1.807) is 0 Å². The standard InChI is InChI=1S/C11H13F3N2O2/c1-6(10(17)18)5-16-8(7-2-3-7)4-9(15-16)11(12,13)14/h4,6-7H,2-3,5H2,1H3,(H,17,18)/t6-/m1/s1. The molecule has 1 aliphatic rings. The summed E-state index contributed by atoms with van der Waals surface area (Å²) in [5.74, 6) is -1.71. The third kappa shape index (κ3) is 2.65. The van der Waals surface area contributed by atoms with Gasteiger partial charge >= 0.3 is 12.1 Å². The van der Waals surface area contributed by atoms with E-state index in [4.69, 9.17) is 5.11 Å². The first-order valence-corrected chi connectivity index (χ1v) is 5.66. The summed E-state index contributed by atoms with van der Waals surface area (Å²) in [4.78, 5) is 10.7. The van der Waals surface area contributed by atoms with Gasteiger partial charge in [-0.15, -0.1) is 0 Å². The summed E-state index contributed by atoms with van der Waals surface area (Å²) in [6.07, 6.45) is -2.81. The minimum absolute atomic E-state index is 0.0305. The van der Waals surface area contributed by atoms with Gasteiger partial charge in [-0.1, -0.05) is 6.92 Å². The molecule has 1 aromatic heterocycles. The molecule has 1 saturated carbocycles. The van der Waals surface area contributed by atoms with Gasteiger partial charge in [0.2, 0.25) is 0 Å². The van der Waals surface area contributed by atoms with Gasteiger partial charge in [-0.2, -0.15) is 18.3 Å². The molecule has 0 radical (unpaired) electrons. The van der Waals surface area contributed by atoms with Crippen molar-refractivity contribution in [2.24, 2.45) is 5.92 Å². The average Bonchev–Trinajstić information content (AvgIpc) is 2.98. The first-order chi connectivity index (χ1) is 8.29. The average molecular weight is 262 g/mol. The monoisotopic (exact) mass is 262 g/mol. The second-order valence-corrected chi connectivity index (χ2v) is 4.65. The van der Waals surface area contributed by atoms with Gasteiger partial charge < -0.3 is 5.11 Å². The molecule has 1 aliphatic carbocycles. The highest BCUT2D eigenvalue weighted by Crippen LogP contribution is 2.42. The summed E-state index contributed by atoms with van der Waals surface area (Å²) in [5.41, 5.74) is -0.447. The van der Waals surface area contributed by atoms with Crippen molar-refractivity contribution >= 4 is 5.97 Å². The number of alkyl halides is 3. The zero-order chi connectivity index (χ0) is 13.5. The van der Waals surface area contributed by atoms with Crippen LogP contribution in [0.3, 0.4) is 0 Å². The molecule has 1 heterocycles. The Hall–Kier alpha value is -1.53. The van der Waals surface area contributed by atoms with Crippen LogP contribution in [0.15, 0.2) is 6.07 Å². The number of aliphatic carboxylic acids is 1. The van der Waals surface area contributed by atoms with E-state index in [-0.39, 0.29) is 12.5 Å². The lowest BCUT2D eigenvalue weighted by Crippen LogP contribution is -2.19. The zero-order valence-corrected chi connectivity index (χ0v) is 9.74. The lowest BCUT2D eigenvalue weighted by molar-refractivity contribution is -0.141. The summed E-state index contributed by atoms with van der Waals surface area (Å²) in [5, 5.41) is 12.3. The van der Waals surface area contributed by atoms with Gasteiger partial charge in [0, 0.05) is 11.6 Å². The van der Waals surface area contributed by atoms with Gasteiger partial charge in [0.1, 0.15) is 0 Å². The highest BCUT2D eigenvalue weighted by atomic mass is 19.4. The molecule has 18 heavy (non-hydrogen) atoms. The molecular formula is C11H13F3N2O2. The number of carboxylic acid groups (broad SMARTS) is 1. The van der Waals surface area contributed by atoms with Crippen molar-refractivity contribution in [2.45, 2.75) is 38.4 Å². The van der Waals surface area contributed by atoms with Crippen molar-refractivity contribution < 1.29 is 23.1 Å². The van der Waals surface area contributed by atoms with Crippen molar-refractivity contribution in [1.82, 2.24) is 9.78 Å². The number of hydrogen-bond donors (Lipinski definition) is 1. The predicted octanol–water partition coefficient (Wildman–Crippen LogP) is 2.50. The number of carboxylic acids is 1. The van der Waals surface area contributed by atoms with Crippen LogP contribution < -0.4 is 0 Å². The number of halogens is 3. The van der Waals surface area contributed by atoms with E-state index in [9.17, 15) is 18.0 Å². The van der Waals surface area contributed by atoms with Crippen molar-refractivity contribution in [3.63, 3.8) is 0 Å². The SMILES string of the molecule is C[C@H](Cn1nc(C(F)(F)F)cc1C1CC1)C(=O)O. The van der Waals surface area contributed by atoms with E-state index in [1.165, 1.54) is 11.6 Å². The van der Waals surface area contributed by atoms with Crippen LogP contribution in [-0.4, -0.2) is 20.9 Å². The molecule has 0 bridgehead atoms. The summed E-state index contributed by atoms with van der Waals surface area (Å²) in [6.45, 7) is 1.42. The minimum atomic E-state index is -4.48.